The molecule has 0 bridgehead atoms. The van der Waals surface area contributed by atoms with Gasteiger partial charge >= 0.3 is 0 Å². The average molecular weight is 240 g/mol. The van der Waals surface area contributed by atoms with Crippen LogP contribution in [0.4, 0.5) is 0 Å². The van der Waals surface area contributed by atoms with E-state index in [2.05, 4.69) is 25.3 Å². The lowest BCUT2D eigenvalue weighted by Crippen LogP contribution is -2.54. The van der Waals surface area contributed by atoms with E-state index in [0.29, 0.717) is 6.61 Å². The van der Waals surface area contributed by atoms with Crippen LogP contribution in [0.1, 0.15) is 27.2 Å². The molecule has 17 heavy (non-hydrogen) atoms. The molecule has 4 nitrogen and oxygen atoms in total. The predicted molar refractivity (Wildman–Crippen MR) is 68.7 cm³/mol. The fourth-order valence-corrected chi connectivity index (χ4v) is 2.25. The van der Waals surface area contributed by atoms with Crippen molar-refractivity contribution in [2.24, 2.45) is 0 Å². The zero-order valence-corrected chi connectivity index (χ0v) is 11.2. The molecule has 0 radical (unpaired) electrons. The van der Waals surface area contributed by atoms with E-state index < -0.39 is 0 Å². The van der Waals surface area contributed by atoms with Gasteiger partial charge in [0.1, 0.15) is 0 Å². The van der Waals surface area contributed by atoms with Crippen molar-refractivity contribution in [2.45, 2.75) is 33.2 Å². The summed E-state index contributed by atoms with van der Waals surface area (Å²) < 4.78 is 5.18. The zero-order chi connectivity index (χ0) is 12.8. The van der Waals surface area contributed by atoms with Gasteiger partial charge in [0.15, 0.2) is 5.76 Å². The molecule has 4 heteroatoms. The van der Waals surface area contributed by atoms with Crippen molar-refractivity contribution in [3.05, 3.63) is 12.3 Å². The predicted octanol–water partition coefficient (Wildman–Crippen LogP) is 1.48. The maximum atomic E-state index is 12.0. The number of piperazine rings is 1. The van der Waals surface area contributed by atoms with Crippen molar-refractivity contribution < 1.29 is 9.53 Å². The van der Waals surface area contributed by atoms with Gasteiger partial charge in [-0.2, -0.15) is 0 Å². The van der Waals surface area contributed by atoms with Gasteiger partial charge < -0.3 is 9.64 Å². The Balaban J connectivity index is 2.51. The van der Waals surface area contributed by atoms with E-state index in [9.17, 15) is 4.79 Å². The van der Waals surface area contributed by atoms with Gasteiger partial charge in [-0.05, 0) is 26.8 Å². The summed E-state index contributed by atoms with van der Waals surface area (Å²) in [6.45, 7) is 14.1. The van der Waals surface area contributed by atoms with E-state index in [1.54, 1.807) is 0 Å². The highest BCUT2D eigenvalue weighted by atomic mass is 16.5. The topological polar surface area (TPSA) is 32.8 Å². The standard InChI is InChI=1S/C13H24N2O2/c1-5-7-14-8-9-15(11(3)10-14)13(16)12(4)17-6-2/h11H,4-10H2,1-3H3. The van der Waals surface area contributed by atoms with E-state index in [1.165, 1.54) is 0 Å². The highest BCUT2D eigenvalue weighted by Gasteiger charge is 2.28. The molecule has 0 spiro atoms. The van der Waals surface area contributed by atoms with Gasteiger partial charge in [0.2, 0.25) is 0 Å². The Morgan fingerprint density at radius 1 is 1.41 bits per heavy atom. The molecule has 1 atom stereocenters. The van der Waals surface area contributed by atoms with Crippen molar-refractivity contribution in [1.29, 1.82) is 0 Å². The lowest BCUT2D eigenvalue weighted by Gasteiger charge is -2.39. The molecule has 0 saturated carbocycles. The largest absolute Gasteiger partial charge is 0.489 e. The molecule has 1 rings (SSSR count). The summed E-state index contributed by atoms with van der Waals surface area (Å²) in [6, 6.07) is 0.236. The Kier molecular flexibility index (Phi) is 5.48. The molecular formula is C13H24N2O2. The number of hydrogen-bond acceptors (Lipinski definition) is 3. The summed E-state index contributed by atoms with van der Waals surface area (Å²) in [6.07, 6.45) is 1.16. The Morgan fingerprint density at radius 2 is 2.12 bits per heavy atom. The first-order chi connectivity index (χ1) is 8.10. The Morgan fingerprint density at radius 3 is 2.65 bits per heavy atom. The molecule has 0 aliphatic carbocycles. The van der Waals surface area contributed by atoms with Gasteiger partial charge in [-0.15, -0.1) is 0 Å². The molecule has 1 aliphatic heterocycles. The fraction of sp³-hybridized carbons (Fsp3) is 0.769. The van der Waals surface area contributed by atoms with E-state index >= 15 is 0 Å². The summed E-state index contributed by atoms with van der Waals surface area (Å²) in [4.78, 5) is 16.3. The van der Waals surface area contributed by atoms with Crippen molar-refractivity contribution in [2.75, 3.05) is 32.8 Å². The maximum Gasteiger partial charge on any atom is 0.288 e. The van der Waals surface area contributed by atoms with E-state index in [4.69, 9.17) is 4.74 Å². The third-order valence-electron chi connectivity index (χ3n) is 3.07. The minimum absolute atomic E-state index is 0.0597. The molecule has 1 amide bonds. The molecular weight excluding hydrogens is 216 g/mol. The fourth-order valence-electron chi connectivity index (χ4n) is 2.25. The smallest absolute Gasteiger partial charge is 0.288 e. The molecule has 0 aromatic rings. The van der Waals surface area contributed by atoms with Gasteiger partial charge in [-0.3, -0.25) is 9.69 Å². The number of rotatable bonds is 5. The van der Waals surface area contributed by atoms with Crippen LogP contribution in [0.25, 0.3) is 0 Å². The number of ether oxygens (including phenoxy) is 1. The number of nitrogens with zero attached hydrogens (tertiary/aromatic N) is 2. The molecule has 1 aliphatic rings. The molecule has 0 aromatic heterocycles. The van der Waals surface area contributed by atoms with Crippen LogP contribution in [0.5, 0.6) is 0 Å². The van der Waals surface area contributed by atoms with E-state index in [0.717, 1.165) is 32.6 Å². The maximum absolute atomic E-state index is 12.0. The molecule has 98 valence electrons. The summed E-state index contributed by atoms with van der Waals surface area (Å²) in [5.41, 5.74) is 0. The lowest BCUT2D eigenvalue weighted by molar-refractivity contribution is -0.135. The summed E-state index contributed by atoms with van der Waals surface area (Å²) in [7, 11) is 0. The molecule has 1 unspecified atom stereocenters. The first-order valence-corrected chi connectivity index (χ1v) is 6.45. The highest BCUT2D eigenvalue weighted by Crippen LogP contribution is 2.13. The van der Waals surface area contributed by atoms with Gasteiger partial charge in [0.25, 0.3) is 5.91 Å². The molecule has 1 saturated heterocycles. The number of carbonyl (C=O) groups is 1. The first kappa shape index (κ1) is 14.0. The lowest BCUT2D eigenvalue weighted by atomic mass is 10.1. The quantitative estimate of drug-likeness (QED) is 0.539. The third kappa shape index (κ3) is 3.73. The van der Waals surface area contributed by atoms with Gasteiger partial charge in [-0.25, -0.2) is 0 Å². The second kappa shape index (κ2) is 6.64. The Bertz CT molecular complexity index is 279. The molecule has 1 fully saturated rings. The van der Waals surface area contributed by atoms with E-state index in [1.807, 2.05) is 11.8 Å². The van der Waals surface area contributed by atoms with Crippen LogP contribution in [0.3, 0.4) is 0 Å². The van der Waals surface area contributed by atoms with Crippen LogP contribution in [0.2, 0.25) is 0 Å². The summed E-state index contributed by atoms with van der Waals surface area (Å²) in [5, 5.41) is 0. The van der Waals surface area contributed by atoms with Crippen LogP contribution in [0.15, 0.2) is 12.3 Å². The minimum Gasteiger partial charge on any atom is -0.489 e. The van der Waals surface area contributed by atoms with Crippen LogP contribution in [0, 0.1) is 0 Å². The number of carbonyl (C=O) groups excluding carboxylic acids is 1. The van der Waals surface area contributed by atoms with Crippen molar-refractivity contribution >= 4 is 5.91 Å². The summed E-state index contributed by atoms with van der Waals surface area (Å²) in [5.74, 6) is 0.207. The average Bonchev–Trinajstić information content (AvgIpc) is 2.29. The van der Waals surface area contributed by atoms with Crippen molar-refractivity contribution in [3.8, 4) is 0 Å². The SMILES string of the molecule is C=C(OCC)C(=O)N1CCN(CCC)CC1C. The normalized spacial score (nSPS) is 21.4. The Hall–Kier alpha value is -1.03. The van der Waals surface area contributed by atoms with E-state index in [-0.39, 0.29) is 17.7 Å². The van der Waals surface area contributed by atoms with Crippen molar-refractivity contribution in [3.63, 3.8) is 0 Å². The van der Waals surface area contributed by atoms with Gasteiger partial charge in [0, 0.05) is 25.7 Å². The second-order valence-electron chi connectivity index (χ2n) is 4.50. The van der Waals surface area contributed by atoms with Crippen LogP contribution in [-0.2, 0) is 9.53 Å². The number of amides is 1. The van der Waals surface area contributed by atoms with Gasteiger partial charge in [-0.1, -0.05) is 13.5 Å². The van der Waals surface area contributed by atoms with Gasteiger partial charge in [0.05, 0.1) is 6.61 Å². The Labute approximate surface area is 104 Å². The molecule has 1 heterocycles. The van der Waals surface area contributed by atoms with Crippen LogP contribution >= 0.6 is 0 Å². The molecule has 0 aromatic carbocycles. The molecule has 0 N–H and O–H groups in total. The number of hydrogen-bond donors (Lipinski definition) is 0. The monoisotopic (exact) mass is 240 g/mol. The highest BCUT2D eigenvalue weighted by molar-refractivity contribution is 5.91. The third-order valence-corrected chi connectivity index (χ3v) is 3.07. The van der Waals surface area contributed by atoms with Crippen LogP contribution in [-0.4, -0.2) is 54.5 Å². The van der Waals surface area contributed by atoms with Crippen molar-refractivity contribution in [1.82, 2.24) is 9.80 Å². The summed E-state index contributed by atoms with van der Waals surface area (Å²) >= 11 is 0. The zero-order valence-electron chi connectivity index (χ0n) is 11.2. The first-order valence-electron chi connectivity index (χ1n) is 6.45. The minimum atomic E-state index is -0.0597. The second-order valence-corrected chi connectivity index (χ2v) is 4.50. The van der Waals surface area contributed by atoms with Crippen LogP contribution < -0.4 is 0 Å².